The maximum absolute atomic E-state index is 12.3. The minimum absolute atomic E-state index is 0.171. The van der Waals surface area contributed by atoms with Gasteiger partial charge in [0.05, 0.1) is 0 Å². The molecule has 1 spiro atoms. The van der Waals surface area contributed by atoms with E-state index < -0.39 is 5.60 Å². The molecular weight excluding hydrogens is 324 g/mol. The molecular formula is C19H27ClN2O2. The van der Waals surface area contributed by atoms with Crippen molar-refractivity contribution in [2.24, 2.45) is 5.41 Å². The molecule has 2 fully saturated rings. The van der Waals surface area contributed by atoms with E-state index in [0.717, 1.165) is 50.6 Å². The summed E-state index contributed by atoms with van der Waals surface area (Å²) in [5.74, 6) is 0. The summed E-state index contributed by atoms with van der Waals surface area (Å²) in [6.07, 6.45) is 2.05. The first-order valence-corrected chi connectivity index (χ1v) is 9.07. The smallest absolute Gasteiger partial charge is 0.410 e. The van der Waals surface area contributed by atoms with Crippen LogP contribution in [0.1, 0.15) is 39.2 Å². The van der Waals surface area contributed by atoms with E-state index in [2.05, 4.69) is 17.0 Å². The van der Waals surface area contributed by atoms with Crippen LogP contribution in [0.15, 0.2) is 24.3 Å². The number of nitrogens with zero attached hydrogens (tertiary/aromatic N) is 2. The van der Waals surface area contributed by atoms with Crippen LogP contribution in [0.25, 0.3) is 0 Å². The lowest BCUT2D eigenvalue weighted by Gasteiger charge is -2.27. The van der Waals surface area contributed by atoms with Crippen molar-refractivity contribution in [3.05, 3.63) is 34.9 Å². The fourth-order valence-corrected chi connectivity index (χ4v) is 3.89. The minimum atomic E-state index is -0.427. The van der Waals surface area contributed by atoms with Crippen LogP contribution in [0.3, 0.4) is 0 Å². The molecule has 5 heteroatoms. The van der Waals surface area contributed by atoms with E-state index in [4.69, 9.17) is 16.3 Å². The van der Waals surface area contributed by atoms with Crippen molar-refractivity contribution in [2.45, 2.75) is 45.8 Å². The quantitative estimate of drug-likeness (QED) is 0.802. The molecule has 0 aromatic heterocycles. The Hall–Kier alpha value is -1.26. The van der Waals surface area contributed by atoms with Crippen LogP contribution in [-0.4, -0.2) is 47.7 Å². The van der Waals surface area contributed by atoms with Crippen molar-refractivity contribution in [3.63, 3.8) is 0 Å². The summed E-state index contributed by atoms with van der Waals surface area (Å²) in [6, 6.07) is 8.08. The number of amides is 1. The summed E-state index contributed by atoms with van der Waals surface area (Å²) in [4.78, 5) is 16.7. The predicted molar refractivity (Wildman–Crippen MR) is 96.2 cm³/mol. The highest BCUT2D eigenvalue weighted by Gasteiger charge is 2.45. The van der Waals surface area contributed by atoms with Crippen molar-refractivity contribution in [1.29, 1.82) is 0 Å². The first kappa shape index (κ1) is 17.6. The lowest BCUT2D eigenvalue weighted by molar-refractivity contribution is 0.0274. The van der Waals surface area contributed by atoms with E-state index in [1.54, 1.807) is 0 Å². The van der Waals surface area contributed by atoms with Gasteiger partial charge >= 0.3 is 6.09 Å². The molecule has 2 saturated heterocycles. The fourth-order valence-electron chi connectivity index (χ4n) is 3.76. The molecule has 2 aliphatic heterocycles. The second-order valence-corrected chi connectivity index (χ2v) is 8.68. The number of carbonyl (C=O) groups excluding carboxylic acids is 1. The van der Waals surface area contributed by atoms with Crippen molar-refractivity contribution in [2.75, 3.05) is 26.2 Å². The fraction of sp³-hybridized carbons (Fsp3) is 0.632. The summed E-state index contributed by atoms with van der Waals surface area (Å²) in [6.45, 7) is 10.5. The zero-order valence-electron chi connectivity index (χ0n) is 14.8. The van der Waals surface area contributed by atoms with E-state index in [-0.39, 0.29) is 11.5 Å². The lowest BCUT2D eigenvalue weighted by atomic mass is 9.86. The molecule has 0 N–H and O–H groups in total. The molecule has 1 amide bonds. The van der Waals surface area contributed by atoms with Gasteiger partial charge in [0.25, 0.3) is 0 Å². The lowest BCUT2D eigenvalue weighted by Crippen LogP contribution is -2.37. The van der Waals surface area contributed by atoms with Gasteiger partial charge in [0.2, 0.25) is 0 Å². The van der Waals surface area contributed by atoms with Gasteiger partial charge < -0.3 is 9.64 Å². The topological polar surface area (TPSA) is 32.8 Å². The Bertz CT molecular complexity index is 596. The van der Waals surface area contributed by atoms with E-state index in [0.29, 0.717) is 0 Å². The Morgan fingerprint density at radius 2 is 1.83 bits per heavy atom. The number of carbonyl (C=O) groups is 1. The van der Waals surface area contributed by atoms with Crippen molar-refractivity contribution in [1.82, 2.24) is 9.80 Å². The molecule has 1 unspecified atom stereocenters. The van der Waals surface area contributed by atoms with Gasteiger partial charge in [-0.3, -0.25) is 4.90 Å². The maximum Gasteiger partial charge on any atom is 0.410 e. The van der Waals surface area contributed by atoms with Gasteiger partial charge in [0, 0.05) is 36.6 Å². The Morgan fingerprint density at radius 3 is 2.50 bits per heavy atom. The molecule has 2 heterocycles. The highest BCUT2D eigenvalue weighted by Crippen LogP contribution is 2.40. The van der Waals surface area contributed by atoms with Gasteiger partial charge in [0.1, 0.15) is 5.60 Å². The van der Waals surface area contributed by atoms with Gasteiger partial charge in [-0.25, -0.2) is 4.79 Å². The number of likely N-dealkylation sites (tertiary alicyclic amines) is 2. The zero-order chi connectivity index (χ0) is 17.4. The van der Waals surface area contributed by atoms with Crippen LogP contribution in [0.4, 0.5) is 4.79 Å². The number of hydrogen-bond acceptors (Lipinski definition) is 3. The SMILES string of the molecule is CC(C)(C)OC(=O)N1CCC2(CCN(Cc3ccc(Cl)cc3)C2)C1. The Balaban J connectivity index is 1.55. The molecule has 1 aromatic carbocycles. The molecule has 24 heavy (non-hydrogen) atoms. The highest BCUT2D eigenvalue weighted by molar-refractivity contribution is 6.30. The van der Waals surface area contributed by atoms with Gasteiger partial charge in [-0.15, -0.1) is 0 Å². The Labute approximate surface area is 149 Å². The van der Waals surface area contributed by atoms with Crippen molar-refractivity contribution in [3.8, 4) is 0 Å². The molecule has 2 aliphatic rings. The molecule has 1 atom stereocenters. The number of rotatable bonds is 2. The Morgan fingerprint density at radius 1 is 1.17 bits per heavy atom. The molecule has 132 valence electrons. The number of ether oxygens (including phenoxy) is 1. The molecule has 1 aromatic rings. The first-order chi connectivity index (χ1) is 11.2. The third-order valence-corrected chi connectivity index (χ3v) is 5.18. The van der Waals surface area contributed by atoms with Crippen molar-refractivity contribution < 1.29 is 9.53 Å². The Kier molecular flexibility index (Phi) is 4.80. The number of hydrogen-bond donors (Lipinski definition) is 0. The summed E-state index contributed by atoms with van der Waals surface area (Å²) in [7, 11) is 0. The molecule has 4 nitrogen and oxygen atoms in total. The number of halogens is 1. The van der Waals surface area contributed by atoms with Gasteiger partial charge in [-0.1, -0.05) is 23.7 Å². The van der Waals surface area contributed by atoms with E-state index in [1.165, 1.54) is 5.56 Å². The second-order valence-electron chi connectivity index (χ2n) is 8.24. The van der Waals surface area contributed by atoms with Crippen LogP contribution in [0.5, 0.6) is 0 Å². The van der Waals surface area contributed by atoms with E-state index in [1.807, 2.05) is 37.8 Å². The molecule has 0 radical (unpaired) electrons. The van der Waals surface area contributed by atoms with Gasteiger partial charge in [0.15, 0.2) is 0 Å². The third-order valence-electron chi connectivity index (χ3n) is 4.93. The summed E-state index contributed by atoms with van der Waals surface area (Å²) in [5.41, 5.74) is 1.10. The maximum atomic E-state index is 12.3. The summed E-state index contributed by atoms with van der Waals surface area (Å²) >= 11 is 5.96. The molecule has 0 bridgehead atoms. The summed E-state index contributed by atoms with van der Waals surface area (Å²) in [5, 5.41) is 0.778. The summed E-state index contributed by atoms with van der Waals surface area (Å²) < 4.78 is 5.52. The van der Waals surface area contributed by atoms with Crippen LogP contribution < -0.4 is 0 Å². The zero-order valence-corrected chi connectivity index (χ0v) is 15.6. The molecule has 3 rings (SSSR count). The van der Waals surface area contributed by atoms with Crippen LogP contribution >= 0.6 is 11.6 Å². The third kappa shape index (κ3) is 4.22. The largest absolute Gasteiger partial charge is 0.444 e. The standard InChI is InChI=1S/C19H27ClN2O2/c1-18(2,3)24-17(23)22-11-9-19(14-22)8-10-21(13-19)12-15-4-6-16(20)7-5-15/h4-7H,8-14H2,1-3H3. The minimum Gasteiger partial charge on any atom is -0.444 e. The average molecular weight is 351 g/mol. The van der Waals surface area contributed by atoms with Crippen LogP contribution in [0.2, 0.25) is 5.02 Å². The normalized spacial score (nSPS) is 24.8. The predicted octanol–water partition coefficient (Wildman–Crippen LogP) is 4.17. The monoisotopic (exact) mass is 350 g/mol. The molecule has 0 aliphatic carbocycles. The second kappa shape index (κ2) is 6.57. The van der Waals surface area contributed by atoms with Gasteiger partial charge in [-0.05, 0) is 57.9 Å². The van der Waals surface area contributed by atoms with Gasteiger partial charge in [-0.2, -0.15) is 0 Å². The van der Waals surface area contributed by atoms with Crippen molar-refractivity contribution >= 4 is 17.7 Å². The van der Waals surface area contributed by atoms with E-state index in [9.17, 15) is 4.79 Å². The van der Waals surface area contributed by atoms with E-state index >= 15 is 0 Å². The molecule has 0 saturated carbocycles. The first-order valence-electron chi connectivity index (χ1n) is 8.70. The van der Waals surface area contributed by atoms with Crippen LogP contribution in [-0.2, 0) is 11.3 Å². The average Bonchev–Trinajstić information content (AvgIpc) is 3.08. The van der Waals surface area contributed by atoms with Crippen LogP contribution in [0, 0.1) is 5.41 Å². The highest BCUT2D eigenvalue weighted by atomic mass is 35.5. The number of benzene rings is 1.